The molecule has 20 heavy (non-hydrogen) atoms. The van der Waals surface area contributed by atoms with E-state index in [1.165, 1.54) is 64.2 Å². The third-order valence-corrected chi connectivity index (χ3v) is 4.48. The van der Waals surface area contributed by atoms with Gasteiger partial charge in [0.1, 0.15) is 0 Å². The quantitative estimate of drug-likeness (QED) is 0.442. The third kappa shape index (κ3) is 6.28. The molecule has 0 aliphatic carbocycles. The highest BCUT2D eigenvalue weighted by atomic mass is 16.5. The van der Waals surface area contributed by atoms with E-state index >= 15 is 0 Å². The molecule has 0 spiro atoms. The van der Waals surface area contributed by atoms with E-state index < -0.39 is 0 Å². The Morgan fingerprint density at radius 2 is 1.55 bits per heavy atom. The molecule has 0 unspecified atom stereocenters. The SMILES string of the molecule is CCCCCCC(C)(CCCCCC)C1=NCCCO1. The van der Waals surface area contributed by atoms with E-state index in [4.69, 9.17) is 9.73 Å². The number of unbranched alkanes of at least 4 members (excludes halogenated alkanes) is 6. The lowest BCUT2D eigenvalue weighted by atomic mass is 9.79. The molecule has 0 saturated carbocycles. The maximum absolute atomic E-state index is 5.91. The number of nitrogens with zero attached hydrogens (tertiary/aromatic N) is 1. The first-order valence-corrected chi connectivity index (χ1v) is 8.90. The van der Waals surface area contributed by atoms with E-state index in [1.807, 2.05) is 0 Å². The number of hydrogen-bond donors (Lipinski definition) is 0. The summed E-state index contributed by atoms with van der Waals surface area (Å²) in [5, 5.41) is 0. The molecule has 118 valence electrons. The maximum atomic E-state index is 5.91. The minimum absolute atomic E-state index is 0.196. The summed E-state index contributed by atoms with van der Waals surface area (Å²) in [5.41, 5.74) is 0.196. The van der Waals surface area contributed by atoms with Crippen LogP contribution < -0.4 is 0 Å². The van der Waals surface area contributed by atoms with Gasteiger partial charge in [0.05, 0.1) is 6.61 Å². The average Bonchev–Trinajstić information content (AvgIpc) is 2.49. The molecule has 0 atom stereocenters. The zero-order chi connectivity index (χ0) is 14.7. The molecule has 0 aromatic carbocycles. The molecule has 1 aliphatic rings. The molecule has 0 saturated heterocycles. The lowest BCUT2D eigenvalue weighted by Crippen LogP contribution is -2.33. The normalized spacial score (nSPS) is 15.8. The van der Waals surface area contributed by atoms with Crippen LogP contribution in [0.25, 0.3) is 0 Å². The van der Waals surface area contributed by atoms with Crippen LogP contribution in [0.4, 0.5) is 0 Å². The lowest BCUT2D eigenvalue weighted by Gasteiger charge is -2.32. The van der Waals surface area contributed by atoms with Crippen molar-refractivity contribution < 1.29 is 4.74 Å². The van der Waals surface area contributed by atoms with Crippen molar-refractivity contribution in [2.24, 2.45) is 10.4 Å². The molecule has 1 rings (SSSR count). The van der Waals surface area contributed by atoms with E-state index in [0.29, 0.717) is 0 Å². The van der Waals surface area contributed by atoms with Crippen molar-refractivity contribution in [3.63, 3.8) is 0 Å². The first kappa shape index (κ1) is 17.5. The van der Waals surface area contributed by atoms with Crippen LogP contribution >= 0.6 is 0 Å². The van der Waals surface area contributed by atoms with E-state index in [1.54, 1.807) is 0 Å². The van der Waals surface area contributed by atoms with Gasteiger partial charge in [-0.25, -0.2) is 0 Å². The van der Waals surface area contributed by atoms with Crippen molar-refractivity contribution in [3.05, 3.63) is 0 Å². The summed E-state index contributed by atoms with van der Waals surface area (Å²) in [6.45, 7) is 8.78. The molecule has 0 aromatic heterocycles. The van der Waals surface area contributed by atoms with Crippen molar-refractivity contribution >= 4 is 5.90 Å². The second kappa shape index (κ2) is 10.2. The fourth-order valence-electron chi connectivity index (χ4n) is 3.05. The predicted octanol–water partition coefficient (Wildman–Crippen LogP) is 5.75. The maximum Gasteiger partial charge on any atom is 0.189 e. The molecule has 0 aromatic rings. The van der Waals surface area contributed by atoms with Crippen molar-refractivity contribution in [2.45, 2.75) is 91.4 Å². The van der Waals surface area contributed by atoms with Gasteiger partial charge in [0.25, 0.3) is 0 Å². The summed E-state index contributed by atoms with van der Waals surface area (Å²) >= 11 is 0. The Hall–Kier alpha value is -0.530. The smallest absolute Gasteiger partial charge is 0.189 e. The Bertz CT molecular complexity index is 261. The highest BCUT2D eigenvalue weighted by molar-refractivity contribution is 5.82. The van der Waals surface area contributed by atoms with Gasteiger partial charge >= 0.3 is 0 Å². The highest BCUT2D eigenvalue weighted by Gasteiger charge is 2.32. The molecule has 0 N–H and O–H groups in total. The second-order valence-corrected chi connectivity index (χ2v) is 6.57. The summed E-state index contributed by atoms with van der Waals surface area (Å²) in [7, 11) is 0. The van der Waals surface area contributed by atoms with Gasteiger partial charge in [0.2, 0.25) is 0 Å². The van der Waals surface area contributed by atoms with Crippen LogP contribution in [0.2, 0.25) is 0 Å². The van der Waals surface area contributed by atoms with Crippen molar-refractivity contribution in [2.75, 3.05) is 13.2 Å². The van der Waals surface area contributed by atoms with Crippen LogP contribution in [0.5, 0.6) is 0 Å². The number of ether oxygens (including phenoxy) is 1. The van der Waals surface area contributed by atoms with Crippen LogP contribution in [0.15, 0.2) is 4.99 Å². The van der Waals surface area contributed by atoms with Gasteiger partial charge < -0.3 is 4.74 Å². The Kier molecular flexibility index (Phi) is 8.97. The van der Waals surface area contributed by atoms with Crippen LogP contribution in [0.3, 0.4) is 0 Å². The summed E-state index contributed by atoms with van der Waals surface area (Å²) in [5.74, 6) is 1.07. The summed E-state index contributed by atoms with van der Waals surface area (Å²) < 4.78 is 5.91. The summed E-state index contributed by atoms with van der Waals surface area (Å²) in [6, 6.07) is 0. The number of rotatable bonds is 11. The molecule has 0 fully saturated rings. The Morgan fingerprint density at radius 3 is 2.00 bits per heavy atom. The Labute approximate surface area is 126 Å². The summed E-state index contributed by atoms with van der Waals surface area (Å²) in [6.07, 6.45) is 14.3. The average molecular weight is 281 g/mol. The van der Waals surface area contributed by atoms with Crippen molar-refractivity contribution in [1.29, 1.82) is 0 Å². The first-order chi connectivity index (χ1) is 9.73. The zero-order valence-electron chi connectivity index (χ0n) is 14.0. The van der Waals surface area contributed by atoms with Crippen LogP contribution in [0, 0.1) is 5.41 Å². The molecular formula is C18H35NO. The molecular weight excluding hydrogens is 246 g/mol. The first-order valence-electron chi connectivity index (χ1n) is 8.90. The van der Waals surface area contributed by atoms with Crippen LogP contribution in [-0.4, -0.2) is 19.0 Å². The van der Waals surface area contributed by atoms with Gasteiger partial charge in [0.15, 0.2) is 5.90 Å². The highest BCUT2D eigenvalue weighted by Crippen LogP contribution is 2.34. The van der Waals surface area contributed by atoms with E-state index in [2.05, 4.69) is 20.8 Å². The number of aliphatic imine (C=N–C) groups is 1. The fraction of sp³-hybridized carbons (Fsp3) is 0.944. The van der Waals surface area contributed by atoms with Gasteiger partial charge in [-0.15, -0.1) is 0 Å². The molecule has 2 heteroatoms. The lowest BCUT2D eigenvalue weighted by molar-refractivity contribution is 0.209. The fourth-order valence-corrected chi connectivity index (χ4v) is 3.05. The minimum atomic E-state index is 0.196. The molecule has 1 aliphatic heterocycles. The monoisotopic (exact) mass is 281 g/mol. The Morgan fingerprint density at radius 1 is 0.950 bits per heavy atom. The van der Waals surface area contributed by atoms with Crippen molar-refractivity contribution in [1.82, 2.24) is 0 Å². The van der Waals surface area contributed by atoms with Gasteiger partial charge in [-0.1, -0.05) is 72.1 Å². The number of hydrogen-bond acceptors (Lipinski definition) is 2. The van der Waals surface area contributed by atoms with Gasteiger partial charge in [-0.05, 0) is 12.8 Å². The van der Waals surface area contributed by atoms with E-state index in [0.717, 1.165) is 25.5 Å². The van der Waals surface area contributed by atoms with Gasteiger partial charge in [-0.2, -0.15) is 0 Å². The second-order valence-electron chi connectivity index (χ2n) is 6.57. The topological polar surface area (TPSA) is 21.6 Å². The minimum Gasteiger partial charge on any atom is -0.481 e. The zero-order valence-corrected chi connectivity index (χ0v) is 14.0. The van der Waals surface area contributed by atoms with Gasteiger partial charge in [0, 0.05) is 18.4 Å². The van der Waals surface area contributed by atoms with E-state index in [-0.39, 0.29) is 5.41 Å². The largest absolute Gasteiger partial charge is 0.481 e. The molecule has 0 bridgehead atoms. The van der Waals surface area contributed by atoms with Crippen molar-refractivity contribution in [3.8, 4) is 0 Å². The summed E-state index contributed by atoms with van der Waals surface area (Å²) in [4.78, 5) is 4.69. The third-order valence-electron chi connectivity index (χ3n) is 4.48. The standard InChI is InChI=1S/C18H35NO/c1-4-6-8-10-13-18(3,14-11-9-7-5-2)17-19-15-12-16-20-17/h4-16H2,1-3H3. The molecule has 1 heterocycles. The van der Waals surface area contributed by atoms with Crippen LogP contribution in [0.1, 0.15) is 91.4 Å². The van der Waals surface area contributed by atoms with E-state index in [9.17, 15) is 0 Å². The molecule has 0 radical (unpaired) electrons. The van der Waals surface area contributed by atoms with Gasteiger partial charge in [-0.3, -0.25) is 4.99 Å². The Balaban J connectivity index is 2.49. The molecule has 2 nitrogen and oxygen atoms in total. The predicted molar refractivity (Wildman–Crippen MR) is 88.5 cm³/mol. The molecule has 0 amide bonds. The van der Waals surface area contributed by atoms with Crippen LogP contribution in [-0.2, 0) is 4.74 Å².